The molecule has 124 valence electrons. The van der Waals surface area contributed by atoms with Crippen LogP contribution in [0.15, 0.2) is 23.2 Å². The molecule has 0 aliphatic heterocycles. The van der Waals surface area contributed by atoms with Gasteiger partial charge in [-0.05, 0) is 47.1 Å². The van der Waals surface area contributed by atoms with Crippen LogP contribution in [0.2, 0.25) is 0 Å². The Bertz CT molecular complexity index is 466. The van der Waals surface area contributed by atoms with Gasteiger partial charge < -0.3 is 0 Å². The highest BCUT2D eigenvalue weighted by atomic mass is 14.7. The van der Waals surface area contributed by atoms with E-state index in [9.17, 15) is 0 Å². The van der Waals surface area contributed by atoms with Gasteiger partial charge in [0, 0.05) is 6.21 Å². The van der Waals surface area contributed by atoms with E-state index in [0.717, 1.165) is 6.42 Å². The number of aliphatic imine (C=N–C) groups is 1. The molecular formula is C21H35N. The van der Waals surface area contributed by atoms with E-state index in [2.05, 4.69) is 79.8 Å². The van der Waals surface area contributed by atoms with Crippen LogP contribution in [-0.2, 0) is 0 Å². The molecule has 0 saturated heterocycles. The molecule has 1 aromatic rings. The Hall–Kier alpha value is -1.11. The molecule has 0 radical (unpaired) electrons. The second-order valence-electron chi connectivity index (χ2n) is 8.09. The molecule has 0 amide bonds. The first-order chi connectivity index (χ1) is 10.2. The van der Waals surface area contributed by atoms with Gasteiger partial charge in [-0.1, -0.05) is 73.6 Å². The van der Waals surface area contributed by atoms with Gasteiger partial charge in [-0.3, -0.25) is 4.99 Å². The van der Waals surface area contributed by atoms with Crippen molar-refractivity contribution in [3.8, 4) is 0 Å². The predicted octanol–water partition coefficient (Wildman–Crippen LogP) is 7.10. The molecule has 0 N–H and O–H groups in total. The number of para-hydroxylation sites is 1. The first kappa shape index (κ1) is 18.9. The molecule has 1 rings (SSSR count). The molecule has 0 aliphatic carbocycles. The Morgan fingerprint density at radius 1 is 0.955 bits per heavy atom. The van der Waals surface area contributed by atoms with Crippen molar-refractivity contribution in [2.45, 2.75) is 80.1 Å². The summed E-state index contributed by atoms with van der Waals surface area (Å²) < 4.78 is 0. The quantitative estimate of drug-likeness (QED) is 0.476. The van der Waals surface area contributed by atoms with E-state index in [1.54, 1.807) is 0 Å². The minimum Gasteiger partial charge on any atom is -0.261 e. The maximum atomic E-state index is 4.89. The summed E-state index contributed by atoms with van der Waals surface area (Å²) in [4.78, 5) is 4.89. The zero-order chi connectivity index (χ0) is 16.9. The van der Waals surface area contributed by atoms with Gasteiger partial charge in [0.1, 0.15) is 0 Å². The van der Waals surface area contributed by atoms with Gasteiger partial charge in [0.25, 0.3) is 0 Å². The van der Waals surface area contributed by atoms with E-state index in [0.29, 0.717) is 23.2 Å². The Labute approximate surface area is 138 Å². The highest BCUT2D eigenvalue weighted by Gasteiger charge is 2.21. The van der Waals surface area contributed by atoms with E-state index in [1.165, 1.54) is 23.2 Å². The van der Waals surface area contributed by atoms with E-state index in [-0.39, 0.29) is 0 Å². The summed E-state index contributed by atoms with van der Waals surface area (Å²) in [5, 5.41) is 0. The van der Waals surface area contributed by atoms with Crippen LogP contribution >= 0.6 is 0 Å². The first-order valence-electron chi connectivity index (χ1n) is 8.82. The molecule has 1 heteroatoms. The SMILES string of the molecule is CC(C)c1cccc(C(C)C)c1/N=C/CCC(C)(C)C(C)C. The summed E-state index contributed by atoms with van der Waals surface area (Å²) in [6.07, 6.45) is 4.38. The third kappa shape index (κ3) is 4.97. The van der Waals surface area contributed by atoms with Gasteiger partial charge in [-0.2, -0.15) is 0 Å². The third-order valence-electron chi connectivity index (χ3n) is 5.04. The van der Waals surface area contributed by atoms with Gasteiger partial charge in [0.05, 0.1) is 5.69 Å². The summed E-state index contributed by atoms with van der Waals surface area (Å²) in [6, 6.07) is 6.62. The van der Waals surface area contributed by atoms with E-state index in [1.807, 2.05) is 0 Å². The molecule has 0 bridgehead atoms. The second-order valence-corrected chi connectivity index (χ2v) is 8.09. The molecular weight excluding hydrogens is 266 g/mol. The van der Waals surface area contributed by atoms with Gasteiger partial charge in [0.2, 0.25) is 0 Å². The van der Waals surface area contributed by atoms with Crippen molar-refractivity contribution in [3.63, 3.8) is 0 Å². The molecule has 1 nitrogen and oxygen atoms in total. The van der Waals surface area contributed by atoms with E-state index >= 15 is 0 Å². The van der Waals surface area contributed by atoms with E-state index in [4.69, 9.17) is 4.99 Å². The monoisotopic (exact) mass is 301 g/mol. The number of benzene rings is 1. The topological polar surface area (TPSA) is 12.4 Å². The average molecular weight is 302 g/mol. The maximum absolute atomic E-state index is 4.89. The van der Waals surface area contributed by atoms with Crippen molar-refractivity contribution in [1.29, 1.82) is 0 Å². The van der Waals surface area contributed by atoms with Gasteiger partial charge in [-0.25, -0.2) is 0 Å². The van der Waals surface area contributed by atoms with Crippen molar-refractivity contribution >= 4 is 11.9 Å². The average Bonchev–Trinajstić information content (AvgIpc) is 2.42. The van der Waals surface area contributed by atoms with Gasteiger partial charge in [0.15, 0.2) is 0 Å². The molecule has 0 unspecified atom stereocenters. The molecule has 0 spiro atoms. The van der Waals surface area contributed by atoms with Crippen LogP contribution in [0.25, 0.3) is 0 Å². The highest BCUT2D eigenvalue weighted by Crippen LogP contribution is 2.35. The molecule has 0 fully saturated rings. The molecule has 0 aliphatic rings. The molecule has 0 aromatic heterocycles. The van der Waals surface area contributed by atoms with Crippen molar-refractivity contribution in [2.24, 2.45) is 16.3 Å². The number of nitrogens with zero attached hydrogens (tertiary/aromatic N) is 1. The highest BCUT2D eigenvalue weighted by molar-refractivity contribution is 5.67. The summed E-state index contributed by atoms with van der Waals surface area (Å²) >= 11 is 0. The molecule has 0 saturated carbocycles. The molecule has 0 atom stereocenters. The third-order valence-corrected chi connectivity index (χ3v) is 5.04. The largest absolute Gasteiger partial charge is 0.261 e. The van der Waals surface area contributed by atoms with Crippen LogP contribution in [0.5, 0.6) is 0 Å². The lowest BCUT2D eigenvalue weighted by molar-refractivity contribution is 0.234. The van der Waals surface area contributed by atoms with Crippen molar-refractivity contribution in [3.05, 3.63) is 29.3 Å². The fourth-order valence-corrected chi connectivity index (χ4v) is 2.54. The minimum atomic E-state index is 0.379. The number of hydrogen-bond donors (Lipinski definition) is 0. The normalized spacial score (nSPS) is 13.0. The Morgan fingerprint density at radius 2 is 1.45 bits per heavy atom. The fraction of sp³-hybridized carbons (Fsp3) is 0.667. The lowest BCUT2D eigenvalue weighted by atomic mass is 9.77. The predicted molar refractivity (Wildman–Crippen MR) is 101 cm³/mol. The summed E-state index contributed by atoms with van der Waals surface area (Å²) in [5.41, 5.74) is 4.32. The molecule has 22 heavy (non-hydrogen) atoms. The van der Waals surface area contributed by atoms with Crippen LogP contribution in [0.3, 0.4) is 0 Å². The summed E-state index contributed by atoms with van der Waals surface area (Å²) in [5.74, 6) is 1.73. The standard InChI is InChI=1S/C21H35N/c1-15(2)18-11-9-12-19(16(3)4)20(18)22-14-10-13-21(7,8)17(5)6/h9,11-12,14-17H,10,13H2,1-8H3/b22-14+. The van der Waals surface area contributed by atoms with E-state index < -0.39 is 0 Å². The smallest absolute Gasteiger partial charge is 0.0694 e. The van der Waals surface area contributed by atoms with Crippen LogP contribution in [0.4, 0.5) is 5.69 Å². The number of hydrogen-bond acceptors (Lipinski definition) is 1. The zero-order valence-corrected chi connectivity index (χ0v) is 15.9. The zero-order valence-electron chi connectivity index (χ0n) is 15.9. The van der Waals surface area contributed by atoms with Crippen molar-refractivity contribution < 1.29 is 0 Å². The minimum absolute atomic E-state index is 0.379. The first-order valence-corrected chi connectivity index (χ1v) is 8.82. The Balaban J connectivity index is 2.94. The van der Waals surface area contributed by atoms with Crippen LogP contribution in [0, 0.1) is 11.3 Å². The molecule has 0 heterocycles. The Morgan fingerprint density at radius 3 is 1.86 bits per heavy atom. The molecule has 1 aromatic carbocycles. The number of rotatable bonds is 7. The lowest BCUT2D eigenvalue weighted by Crippen LogP contribution is -2.18. The maximum Gasteiger partial charge on any atom is 0.0694 e. The van der Waals surface area contributed by atoms with Crippen molar-refractivity contribution in [2.75, 3.05) is 0 Å². The lowest BCUT2D eigenvalue weighted by Gasteiger charge is -2.28. The summed E-state index contributed by atoms with van der Waals surface area (Å²) in [6.45, 7) is 18.3. The van der Waals surface area contributed by atoms with Crippen molar-refractivity contribution in [1.82, 2.24) is 0 Å². The Kier molecular flexibility index (Phi) is 6.84. The fourth-order valence-electron chi connectivity index (χ4n) is 2.54. The summed E-state index contributed by atoms with van der Waals surface area (Å²) in [7, 11) is 0. The van der Waals surface area contributed by atoms with Crippen LogP contribution < -0.4 is 0 Å². The second kappa shape index (κ2) is 7.94. The van der Waals surface area contributed by atoms with Crippen LogP contribution in [0.1, 0.15) is 91.2 Å². The van der Waals surface area contributed by atoms with Gasteiger partial charge in [-0.15, -0.1) is 0 Å². The van der Waals surface area contributed by atoms with Crippen LogP contribution in [-0.4, -0.2) is 6.21 Å². The van der Waals surface area contributed by atoms with Gasteiger partial charge >= 0.3 is 0 Å².